The Morgan fingerprint density at radius 1 is 1.06 bits per heavy atom. The molecule has 3 nitrogen and oxygen atoms in total. The molecule has 0 aliphatic carbocycles. The molecule has 0 atom stereocenters. The average molecular weight is 241 g/mol. The molecule has 0 heterocycles. The Hall–Kier alpha value is -0.870. The molecule has 1 aromatic rings. The van der Waals surface area contributed by atoms with Crippen LogP contribution in [0.1, 0.15) is 37.5 Å². The van der Waals surface area contributed by atoms with E-state index in [1.54, 1.807) is 0 Å². The Balaban J connectivity index is 3.53. The first-order valence-electron chi connectivity index (χ1n) is 5.11. The van der Waals surface area contributed by atoms with Crippen LogP contribution in [0.3, 0.4) is 0 Å². The van der Waals surface area contributed by atoms with Crippen LogP contribution >= 0.6 is 0 Å². The molecular formula is C12H17O3S-. The fourth-order valence-electron chi connectivity index (χ4n) is 2.25. The largest absolute Gasteiger partial charge is 0.744 e. The van der Waals surface area contributed by atoms with Crippen molar-refractivity contribution in [3.8, 4) is 0 Å². The molecule has 0 saturated heterocycles. The molecule has 90 valence electrons. The minimum Gasteiger partial charge on any atom is -0.744 e. The van der Waals surface area contributed by atoms with E-state index in [0.717, 1.165) is 16.7 Å². The van der Waals surface area contributed by atoms with Gasteiger partial charge in [-0.05, 0) is 48.1 Å². The molecule has 0 N–H and O–H groups in total. The smallest absolute Gasteiger partial charge is 0.124 e. The molecule has 1 aromatic carbocycles. The van der Waals surface area contributed by atoms with Crippen LogP contribution in [0.4, 0.5) is 0 Å². The lowest BCUT2D eigenvalue weighted by molar-refractivity contribution is 0.462. The van der Waals surface area contributed by atoms with Gasteiger partial charge in [0, 0.05) is 0 Å². The molecule has 0 spiro atoms. The second-order valence-electron chi connectivity index (χ2n) is 5.14. The van der Waals surface area contributed by atoms with Gasteiger partial charge in [0.25, 0.3) is 0 Å². The molecule has 0 unspecified atom stereocenters. The average Bonchev–Trinajstić information content (AvgIpc) is 1.97. The first-order chi connectivity index (χ1) is 7.03. The van der Waals surface area contributed by atoms with Crippen LogP contribution < -0.4 is 0 Å². The van der Waals surface area contributed by atoms with E-state index >= 15 is 0 Å². The highest BCUT2D eigenvalue weighted by molar-refractivity contribution is 7.85. The summed E-state index contributed by atoms with van der Waals surface area (Å²) < 4.78 is 32.8. The first kappa shape index (κ1) is 13.2. The summed E-state index contributed by atoms with van der Waals surface area (Å²) in [5.74, 6) is 0. The van der Waals surface area contributed by atoms with Crippen molar-refractivity contribution >= 4 is 10.1 Å². The van der Waals surface area contributed by atoms with Crippen molar-refractivity contribution in [2.45, 2.75) is 44.9 Å². The molecule has 0 saturated carbocycles. The predicted molar refractivity (Wildman–Crippen MR) is 62.6 cm³/mol. The van der Waals surface area contributed by atoms with Crippen molar-refractivity contribution in [2.75, 3.05) is 0 Å². The molecule has 0 bridgehead atoms. The van der Waals surface area contributed by atoms with Gasteiger partial charge in [-0.25, -0.2) is 8.42 Å². The van der Waals surface area contributed by atoms with Crippen LogP contribution in [0.15, 0.2) is 17.0 Å². The van der Waals surface area contributed by atoms with Gasteiger partial charge in [-0.15, -0.1) is 0 Å². The maximum absolute atomic E-state index is 10.9. The van der Waals surface area contributed by atoms with Gasteiger partial charge in [0.2, 0.25) is 0 Å². The summed E-state index contributed by atoms with van der Waals surface area (Å²) >= 11 is 0. The third kappa shape index (κ3) is 2.62. The maximum Gasteiger partial charge on any atom is 0.124 e. The van der Waals surface area contributed by atoms with E-state index < -0.39 is 10.1 Å². The zero-order valence-electron chi connectivity index (χ0n) is 10.3. The van der Waals surface area contributed by atoms with Gasteiger partial charge in [-0.2, -0.15) is 0 Å². The third-order valence-electron chi connectivity index (χ3n) is 2.54. The topological polar surface area (TPSA) is 57.2 Å². The van der Waals surface area contributed by atoms with E-state index in [-0.39, 0.29) is 10.3 Å². The van der Waals surface area contributed by atoms with E-state index in [2.05, 4.69) is 20.8 Å². The Morgan fingerprint density at radius 3 is 1.69 bits per heavy atom. The summed E-state index contributed by atoms with van der Waals surface area (Å²) in [7, 11) is -4.36. The number of hydrogen-bond acceptors (Lipinski definition) is 3. The Kier molecular flexibility index (Phi) is 3.18. The van der Waals surface area contributed by atoms with Gasteiger partial charge in [0.1, 0.15) is 10.1 Å². The van der Waals surface area contributed by atoms with Gasteiger partial charge >= 0.3 is 0 Å². The monoisotopic (exact) mass is 241 g/mol. The fraction of sp³-hybridized carbons (Fsp3) is 0.500. The predicted octanol–water partition coefficient (Wildman–Crippen LogP) is 2.51. The molecule has 16 heavy (non-hydrogen) atoms. The number of benzene rings is 1. The summed E-state index contributed by atoms with van der Waals surface area (Å²) in [6.07, 6.45) is 0. The molecule has 4 heteroatoms. The molecule has 0 radical (unpaired) electrons. The van der Waals surface area contributed by atoms with Gasteiger partial charge in [0.05, 0.1) is 4.90 Å². The zero-order valence-corrected chi connectivity index (χ0v) is 11.1. The van der Waals surface area contributed by atoms with Gasteiger partial charge < -0.3 is 4.55 Å². The summed E-state index contributed by atoms with van der Waals surface area (Å²) in [5, 5.41) is 0. The highest BCUT2D eigenvalue weighted by atomic mass is 32.2. The van der Waals surface area contributed by atoms with Gasteiger partial charge in [-0.3, -0.25) is 0 Å². The van der Waals surface area contributed by atoms with Crippen molar-refractivity contribution in [1.82, 2.24) is 0 Å². The fourth-order valence-corrected chi connectivity index (χ4v) is 2.89. The lowest BCUT2D eigenvalue weighted by Gasteiger charge is -2.25. The Labute approximate surface area is 97.2 Å². The second kappa shape index (κ2) is 3.86. The van der Waals surface area contributed by atoms with Crippen molar-refractivity contribution in [3.63, 3.8) is 0 Å². The second-order valence-corrected chi connectivity index (χ2v) is 6.52. The minimum atomic E-state index is -4.36. The van der Waals surface area contributed by atoms with E-state index in [0.29, 0.717) is 0 Å². The van der Waals surface area contributed by atoms with Crippen LogP contribution in [0.25, 0.3) is 0 Å². The normalized spacial score (nSPS) is 12.9. The Bertz CT molecular complexity index is 485. The molecule has 0 aliphatic heterocycles. The van der Waals surface area contributed by atoms with Crippen LogP contribution in [0.5, 0.6) is 0 Å². The van der Waals surface area contributed by atoms with E-state index in [1.165, 1.54) is 12.1 Å². The van der Waals surface area contributed by atoms with Gasteiger partial charge in [0.15, 0.2) is 0 Å². The summed E-state index contributed by atoms with van der Waals surface area (Å²) in [6, 6.07) is 2.91. The molecule has 0 aromatic heterocycles. The van der Waals surface area contributed by atoms with E-state index in [9.17, 15) is 13.0 Å². The summed E-state index contributed by atoms with van der Waals surface area (Å²) in [5.41, 5.74) is 2.74. The standard InChI is InChI=1S/C12H18O3S/c1-8-6-10(16(13,14)15)7-9(2)11(8)12(3,4)5/h6-7H,1-5H3,(H,13,14,15)/p-1. The summed E-state index contributed by atoms with van der Waals surface area (Å²) in [4.78, 5) is -0.143. The van der Waals surface area contributed by atoms with Crippen LogP contribution in [0, 0.1) is 13.8 Å². The van der Waals surface area contributed by atoms with Crippen molar-refractivity contribution in [2.24, 2.45) is 0 Å². The lowest BCUT2D eigenvalue weighted by Crippen LogP contribution is -2.16. The molecule has 0 aliphatic rings. The van der Waals surface area contributed by atoms with Crippen LogP contribution in [-0.2, 0) is 15.5 Å². The van der Waals surface area contributed by atoms with Crippen molar-refractivity contribution in [3.05, 3.63) is 28.8 Å². The highest BCUT2D eigenvalue weighted by Crippen LogP contribution is 2.30. The molecule has 1 rings (SSSR count). The highest BCUT2D eigenvalue weighted by Gasteiger charge is 2.20. The number of hydrogen-bond donors (Lipinski definition) is 0. The zero-order chi connectivity index (χ0) is 12.7. The Morgan fingerprint density at radius 2 is 1.44 bits per heavy atom. The molecule has 0 amide bonds. The number of rotatable bonds is 1. The molecular weight excluding hydrogens is 224 g/mol. The third-order valence-corrected chi connectivity index (χ3v) is 3.36. The van der Waals surface area contributed by atoms with Crippen LogP contribution in [0.2, 0.25) is 0 Å². The van der Waals surface area contributed by atoms with E-state index in [4.69, 9.17) is 0 Å². The summed E-state index contributed by atoms with van der Waals surface area (Å²) in [6.45, 7) is 9.86. The van der Waals surface area contributed by atoms with Crippen LogP contribution in [-0.4, -0.2) is 13.0 Å². The van der Waals surface area contributed by atoms with E-state index in [1.807, 2.05) is 13.8 Å². The first-order valence-corrected chi connectivity index (χ1v) is 6.52. The lowest BCUT2D eigenvalue weighted by atomic mass is 9.81. The SMILES string of the molecule is Cc1cc(S(=O)(=O)[O-])cc(C)c1C(C)(C)C. The maximum atomic E-state index is 10.9. The minimum absolute atomic E-state index is 0.0562. The van der Waals surface area contributed by atoms with Gasteiger partial charge in [-0.1, -0.05) is 20.8 Å². The quantitative estimate of drug-likeness (QED) is 0.710. The molecule has 0 fully saturated rings. The van der Waals surface area contributed by atoms with Crippen molar-refractivity contribution < 1.29 is 13.0 Å². The number of aryl methyl sites for hydroxylation is 2. The van der Waals surface area contributed by atoms with Crippen molar-refractivity contribution in [1.29, 1.82) is 0 Å².